The lowest BCUT2D eigenvalue weighted by Crippen LogP contribution is -1.96. The standard InChI is InChI=1S/C10H20O/c1-3-4-5-6-7-8-9-10(2)11/h10H,2-9H2,1H3. The first-order valence-corrected chi connectivity index (χ1v) is 4.76. The van der Waals surface area contributed by atoms with Crippen molar-refractivity contribution in [1.29, 1.82) is 0 Å². The van der Waals surface area contributed by atoms with Gasteiger partial charge in [-0.25, -0.2) is 5.11 Å². The van der Waals surface area contributed by atoms with Gasteiger partial charge in [-0.3, -0.25) is 0 Å². The smallest absolute Gasteiger partial charge is 0.0931 e. The molecule has 0 fully saturated rings. The summed E-state index contributed by atoms with van der Waals surface area (Å²) in [5, 5.41) is 10.5. The Morgan fingerprint density at radius 2 is 1.64 bits per heavy atom. The van der Waals surface area contributed by atoms with Gasteiger partial charge >= 0.3 is 0 Å². The molecule has 1 unspecified atom stereocenters. The van der Waals surface area contributed by atoms with Crippen LogP contribution < -0.4 is 0 Å². The third-order valence-electron chi connectivity index (χ3n) is 1.88. The molecule has 0 aliphatic carbocycles. The zero-order valence-corrected chi connectivity index (χ0v) is 7.64. The van der Waals surface area contributed by atoms with Crippen molar-refractivity contribution in [2.24, 2.45) is 0 Å². The van der Waals surface area contributed by atoms with Crippen molar-refractivity contribution in [3.05, 3.63) is 6.92 Å². The topological polar surface area (TPSA) is 19.9 Å². The fraction of sp³-hybridized carbons (Fsp3) is 0.900. The summed E-state index contributed by atoms with van der Waals surface area (Å²) in [4.78, 5) is 0. The van der Waals surface area contributed by atoms with Crippen molar-refractivity contribution >= 4 is 0 Å². The van der Waals surface area contributed by atoms with Crippen LogP contribution in [0.4, 0.5) is 0 Å². The summed E-state index contributed by atoms with van der Waals surface area (Å²) in [6.45, 7) is 5.63. The molecule has 0 rings (SSSR count). The SMILES string of the molecule is [CH2]C([O])CCCCCCCC. The molecule has 0 amide bonds. The maximum atomic E-state index is 10.5. The summed E-state index contributed by atoms with van der Waals surface area (Å²) in [5.41, 5.74) is 0. The fourth-order valence-electron chi connectivity index (χ4n) is 1.15. The average Bonchev–Trinajstić information content (AvgIpc) is 1.96. The van der Waals surface area contributed by atoms with Gasteiger partial charge in [0.2, 0.25) is 0 Å². The molecule has 0 aromatic rings. The van der Waals surface area contributed by atoms with Crippen molar-refractivity contribution < 1.29 is 5.11 Å². The van der Waals surface area contributed by atoms with Crippen LogP contribution >= 0.6 is 0 Å². The maximum absolute atomic E-state index is 10.5. The minimum absolute atomic E-state index is 0.596. The van der Waals surface area contributed by atoms with E-state index in [1.807, 2.05) is 0 Å². The lowest BCUT2D eigenvalue weighted by Gasteiger charge is -2.00. The summed E-state index contributed by atoms with van der Waals surface area (Å²) in [5.74, 6) is 0. The van der Waals surface area contributed by atoms with Crippen LogP contribution in [0, 0.1) is 6.92 Å². The minimum atomic E-state index is -0.596. The molecule has 66 valence electrons. The molecule has 0 spiro atoms. The van der Waals surface area contributed by atoms with Crippen LogP contribution in [0.1, 0.15) is 51.9 Å². The van der Waals surface area contributed by atoms with Crippen LogP contribution in [-0.2, 0) is 5.11 Å². The number of hydrogen-bond donors (Lipinski definition) is 0. The van der Waals surface area contributed by atoms with Crippen LogP contribution in [0.3, 0.4) is 0 Å². The van der Waals surface area contributed by atoms with Crippen LogP contribution in [0.5, 0.6) is 0 Å². The summed E-state index contributed by atoms with van der Waals surface area (Å²) in [6.07, 6.45) is 7.70. The monoisotopic (exact) mass is 156 g/mol. The van der Waals surface area contributed by atoms with E-state index in [-0.39, 0.29) is 0 Å². The summed E-state index contributed by atoms with van der Waals surface area (Å²) in [7, 11) is 0. The van der Waals surface area contributed by atoms with E-state index in [1.165, 1.54) is 32.1 Å². The van der Waals surface area contributed by atoms with E-state index in [0.717, 1.165) is 12.8 Å². The van der Waals surface area contributed by atoms with Crippen molar-refractivity contribution in [3.8, 4) is 0 Å². The predicted molar refractivity (Wildman–Crippen MR) is 47.8 cm³/mol. The normalized spacial score (nSPS) is 13.4. The molecule has 1 heteroatoms. The van der Waals surface area contributed by atoms with Crippen LogP contribution in [0.25, 0.3) is 0 Å². The molecule has 2 radical (unpaired) electrons. The van der Waals surface area contributed by atoms with Crippen LogP contribution in [0.15, 0.2) is 0 Å². The minimum Gasteiger partial charge on any atom is -0.233 e. The fourth-order valence-corrected chi connectivity index (χ4v) is 1.15. The third-order valence-corrected chi connectivity index (χ3v) is 1.88. The van der Waals surface area contributed by atoms with Gasteiger partial charge in [0, 0.05) is 0 Å². The molecule has 0 saturated heterocycles. The molecular formula is C10H20O. The van der Waals surface area contributed by atoms with Crippen molar-refractivity contribution in [3.63, 3.8) is 0 Å². The molecule has 0 aliphatic rings. The molecule has 0 bridgehead atoms. The van der Waals surface area contributed by atoms with Gasteiger partial charge < -0.3 is 0 Å². The first-order chi connectivity index (χ1) is 5.27. The molecule has 0 saturated carbocycles. The van der Waals surface area contributed by atoms with Crippen LogP contribution in [-0.4, -0.2) is 6.10 Å². The van der Waals surface area contributed by atoms with E-state index >= 15 is 0 Å². The van der Waals surface area contributed by atoms with Gasteiger partial charge in [-0.2, -0.15) is 0 Å². The second kappa shape index (κ2) is 8.06. The lowest BCUT2D eigenvalue weighted by molar-refractivity contribution is 0.117. The van der Waals surface area contributed by atoms with E-state index in [2.05, 4.69) is 13.8 Å². The Bertz CT molecular complexity index is 69.3. The lowest BCUT2D eigenvalue weighted by atomic mass is 10.1. The van der Waals surface area contributed by atoms with E-state index in [0.29, 0.717) is 0 Å². The Hall–Kier alpha value is -0.0400. The van der Waals surface area contributed by atoms with Gasteiger partial charge in [-0.15, -0.1) is 0 Å². The second-order valence-corrected chi connectivity index (χ2v) is 3.18. The molecular weight excluding hydrogens is 136 g/mol. The highest BCUT2D eigenvalue weighted by atomic mass is 16.3. The van der Waals surface area contributed by atoms with Gasteiger partial charge in [0.1, 0.15) is 0 Å². The van der Waals surface area contributed by atoms with Gasteiger partial charge in [-0.05, 0) is 13.3 Å². The molecule has 0 aromatic heterocycles. The average molecular weight is 156 g/mol. The van der Waals surface area contributed by atoms with E-state index in [9.17, 15) is 5.11 Å². The quantitative estimate of drug-likeness (QED) is 0.504. The van der Waals surface area contributed by atoms with Gasteiger partial charge in [0.15, 0.2) is 0 Å². The van der Waals surface area contributed by atoms with E-state index in [1.54, 1.807) is 0 Å². The number of unbranched alkanes of at least 4 members (excludes halogenated alkanes) is 5. The maximum Gasteiger partial charge on any atom is 0.0931 e. The zero-order chi connectivity index (χ0) is 8.53. The van der Waals surface area contributed by atoms with Crippen molar-refractivity contribution in [1.82, 2.24) is 0 Å². The molecule has 11 heavy (non-hydrogen) atoms. The molecule has 0 heterocycles. The predicted octanol–water partition coefficient (Wildman–Crippen LogP) is 3.37. The Balaban J connectivity index is 2.80. The zero-order valence-electron chi connectivity index (χ0n) is 7.64. The Labute approximate surface area is 70.8 Å². The van der Waals surface area contributed by atoms with Gasteiger partial charge in [0.25, 0.3) is 0 Å². The van der Waals surface area contributed by atoms with Crippen LogP contribution in [0.2, 0.25) is 0 Å². The largest absolute Gasteiger partial charge is 0.233 e. The summed E-state index contributed by atoms with van der Waals surface area (Å²) >= 11 is 0. The molecule has 0 N–H and O–H groups in total. The Morgan fingerprint density at radius 3 is 2.18 bits per heavy atom. The van der Waals surface area contributed by atoms with E-state index < -0.39 is 6.10 Å². The van der Waals surface area contributed by atoms with Crippen molar-refractivity contribution in [2.75, 3.05) is 0 Å². The molecule has 0 aliphatic heterocycles. The highest BCUT2D eigenvalue weighted by molar-refractivity contribution is 4.56. The summed E-state index contributed by atoms with van der Waals surface area (Å²) < 4.78 is 0. The highest BCUT2D eigenvalue weighted by Gasteiger charge is 1.96. The third kappa shape index (κ3) is 9.96. The summed E-state index contributed by atoms with van der Waals surface area (Å²) in [6, 6.07) is 0. The number of rotatable bonds is 7. The Morgan fingerprint density at radius 1 is 1.09 bits per heavy atom. The van der Waals surface area contributed by atoms with E-state index in [4.69, 9.17) is 0 Å². The first-order valence-electron chi connectivity index (χ1n) is 4.76. The van der Waals surface area contributed by atoms with Crippen molar-refractivity contribution in [2.45, 2.75) is 58.0 Å². The molecule has 1 atom stereocenters. The first kappa shape index (κ1) is 11.0. The number of hydrogen-bond acceptors (Lipinski definition) is 0. The second-order valence-electron chi connectivity index (χ2n) is 3.18. The van der Waals surface area contributed by atoms with Gasteiger partial charge in [-0.1, -0.05) is 45.4 Å². The Kier molecular flexibility index (Phi) is 8.03. The highest BCUT2D eigenvalue weighted by Crippen LogP contribution is 2.08. The molecule has 1 nitrogen and oxygen atoms in total. The molecule has 0 aromatic carbocycles. The van der Waals surface area contributed by atoms with Gasteiger partial charge in [0.05, 0.1) is 6.10 Å².